The Morgan fingerprint density at radius 1 is 1.22 bits per heavy atom. The van der Waals surface area contributed by atoms with Crippen LogP contribution >= 0.6 is 0 Å². The highest BCUT2D eigenvalue weighted by Gasteiger charge is 2.27. The molecule has 2 aliphatic rings. The largest absolute Gasteiger partial charge is 0.454 e. The Hall–Kier alpha value is -1.26. The molecule has 1 N–H and O–H groups in total. The van der Waals surface area contributed by atoms with E-state index in [0.717, 1.165) is 44.0 Å². The fourth-order valence-corrected chi connectivity index (χ4v) is 2.49. The summed E-state index contributed by atoms with van der Waals surface area (Å²) in [5.74, 6) is 1.68. The molecule has 0 bridgehead atoms. The summed E-state index contributed by atoms with van der Waals surface area (Å²) >= 11 is 0. The molecule has 1 fully saturated rings. The number of piperidine rings is 1. The van der Waals surface area contributed by atoms with Gasteiger partial charge in [-0.2, -0.15) is 0 Å². The highest BCUT2D eigenvalue weighted by Crippen LogP contribution is 2.33. The third-order valence-corrected chi connectivity index (χ3v) is 3.78. The summed E-state index contributed by atoms with van der Waals surface area (Å²) in [5, 5.41) is 9.92. The molecule has 0 saturated carbocycles. The molecule has 1 aromatic rings. The summed E-state index contributed by atoms with van der Waals surface area (Å²) in [6.07, 6.45) is 1.69. The second-order valence-electron chi connectivity index (χ2n) is 5.46. The van der Waals surface area contributed by atoms with Gasteiger partial charge in [0.2, 0.25) is 6.79 Å². The first kappa shape index (κ1) is 11.8. The second-order valence-corrected chi connectivity index (χ2v) is 5.46. The van der Waals surface area contributed by atoms with E-state index in [-0.39, 0.29) is 0 Å². The predicted octanol–water partition coefficient (Wildman–Crippen LogP) is 1.76. The van der Waals surface area contributed by atoms with Crippen molar-refractivity contribution in [3.05, 3.63) is 23.8 Å². The van der Waals surface area contributed by atoms with E-state index in [1.807, 2.05) is 13.0 Å². The van der Waals surface area contributed by atoms with Crippen LogP contribution in [0.5, 0.6) is 11.5 Å². The zero-order chi connectivity index (χ0) is 12.6. The van der Waals surface area contributed by atoms with Crippen molar-refractivity contribution in [1.29, 1.82) is 0 Å². The van der Waals surface area contributed by atoms with Crippen LogP contribution in [0.3, 0.4) is 0 Å². The predicted molar refractivity (Wildman–Crippen MR) is 67.7 cm³/mol. The molecule has 0 amide bonds. The molecule has 0 unspecified atom stereocenters. The number of nitrogens with zero attached hydrogens (tertiary/aromatic N) is 1. The van der Waals surface area contributed by atoms with Gasteiger partial charge in [0.15, 0.2) is 11.5 Å². The lowest BCUT2D eigenvalue weighted by Gasteiger charge is -2.35. The van der Waals surface area contributed by atoms with Gasteiger partial charge in [0.05, 0.1) is 5.60 Å². The van der Waals surface area contributed by atoms with Gasteiger partial charge in [-0.05, 0) is 37.5 Å². The van der Waals surface area contributed by atoms with E-state index in [9.17, 15) is 5.11 Å². The number of hydrogen-bond donors (Lipinski definition) is 1. The van der Waals surface area contributed by atoms with Crippen LogP contribution in [0.2, 0.25) is 0 Å². The molecule has 98 valence electrons. The molecular weight excluding hydrogens is 230 g/mol. The quantitative estimate of drug-likeness (QED) is 0.867. The zero-order valence-corrected chi connectivity index (χ0v) is 10.7. The van der Waals surface area contributed by atoms with Crippen LogP contribution in [0.1, 0.15) is 25.3 Å². The Bertz CT molecular complexity index is 435. The zero-order valence-electron chi connectivity index (χ0n) is 10.7. The van der Waals surface area contributed by atoms with Crippen molar-refractivity contribution in [3.63, 3.8) is 0 Å². The van der Waals surface area contributed by atoms with Crippen molar-refractivity contribution in [2.45, 2.75) is 31.9 Å². The van der Waals surface area contributed by atoms with Crippen LogP contribution in [0.25, 0.3) is 0 Å². The molecule has 0 atom stereocenters. The van der Waals surface area contributed by atoms with Crippen molar-refractivity contribution in [2.24, 2.45) is 0 Å². The molecule has 4 nitrogen and oxygen atoms in total. The monoisotopic (exact) mass is 249 g/mol. The first-order valence-electron chi connectivity index (χ1n) is 6.46. The van der Waals surface area contributed by atoms with E-state index in [2.05, 4.69) is 17.0 Å². The van der Waals surface area contributed by atoms with Gasteiger partial charge in [0.1, 0.15) is 0 Å². The fourth-order valence-electron chi connectivity index (χ4n) is 2.49. The fraction of sp³-hybridized carbons (Fsp3) is 0.571. The summed E-state index contributed by atoms with van der Waals surface area (Å²) < 4.78 is 10.7. The summed E-state index contributed by atoms with van der Waals surface area (Å²) in [5.41, 5.74) is 0.756. The number of hydrogen-bond acceptors (Lipinski definition) is 4. The van der Waals surface area contributed by atoms with Crippen LogP contribution in [-0.2, 0) is 6.54 Å². The number of likely N-dealkylation sites (tertiary alicyclic amines) is 1. The smallest absolute Gasteiger partial charge is 0.231 e. The average Bonchev–Trinajstić information content (AvgIpc) is 2.79. The molecule has 0 radical (unpaired) electrons. The Labute approximate surface area is 107 Å². The minimum atomic E-state index is -0.481. The number of ether oxygens (including phenoxy) is 2. The van der Waals surface area contributed by atoms with E-state index in [4.69, 9.17) is 9.47 Å². The molecule has 1 saturated heterocycles. The highest BCUT2D eigenvalue weighted by molar-refractivity contribution is 5.44. The average molecular weight is 249 g/mol. The van der Waals surface area contributed by atoms with Crippen LogP contribution in [0, 0.1) is 0 Å². The number of fused-ring (bicyclic) bond motifs is 1. The maximum Gasteiger partial charge on any atom is 0.231 e. The normalized spacial score (nSPS) is 22.1. The van der Waals surface area contributed by atoms with Gasteiger partial charge in [-0.3, -0.25) is 4.90 Å². The van der Waals surface area contributed by atoms with Crippen molar-refractivity contribution in [3.8, 4) is 11.5 Å². The van der Waals surface area contributed by atoms with Crippen LogP contribution in [0.15, 0.2) is 18.2 Å². The minimum absolute atomic E-state index is 0.325. The van der Waals surface area contributed by atoms with E-state index in [1.54, 1.807) is 0 Å². The topological polar surface area (TPSA) is 41.9 Å². The van der Waals surface area contributed by atoms with Crippen molar-refractivity contribution in [2.75, 3.05) is 19.9 Å². The summed E-state index contributed by atoms with van der Waals surface area (Å²) in [6, 6.07) is 6.10. The lowest BCUT2D eigenvalue weighted by molar-refractivity contribution is -0.00731. The van der Waals surface area contributed by atoms with Crippen LogP contribution in [-0.4, -0.2) is 35.5 Å². The second kappa shape index (κ2) is 4.44. The van der Waals surface area contributed by atoms with Crippen molar-refractivity contribution in [1.82, 2.24) is 4.90 Å². The lowest BCUT2D eigenvalue weighted by Crippen LogP contribution is -2.41. The van der Waals surface area contributed by atoms with Gasteiger partial charge in [0, 0.05) is 19.6 Å². The molecule has 1 aromatic carbocycles. The Morgan fingerprint density at radius 3 is 2.72 bits per heavy atom. The molecule has 3 rings (SSSR count). The number of aliphatic hydroxyl groups is 1. The van der Waals surface area contributed by atoms with E-state index in [0.29, 0.717) is 6.79 Å². The molecule has 2 heterocycles. The number of rotatable bonds is 2. The lowest BCUT2D eigenvalue weighted by atomic mass is 9.93. The van der Waals surface area contributed by atoms with Gasteiger partial charge < -0.3 is 14.6 Å². The first-order chi connectivity index (χ1) is 8.62. The standard InChI is InChI=1S/C14H19NO3/c1-14(16)4-6-15(7-5-14)9-11-2-3-12-13(8-11)18-10-17-12/h2-3,8,16H,4-7,9-10H2,1H3. The van der Waals surface area contributed by atoms with Gasteiger partial charge in [-0.1, -0.05) is 6.07 Å². The van der Waals surface area contributed by atoms with Crippen LogP contribution in [0.4, 0.5) is 0 Å². The Morgan fingerprint density at radius 2 is 1.94 bits per heavy atom. The minimum Gasteiger partial charge on any atom is -0.454 e. The summed E-state index contributed by atoms with van der Waals surface area (Å²) in [6.45, 7) is 5.05. The van der Waals surface area contributed by atoms with Gasteiger partial charge in [0.25, 0.3) is 0 Å². The van der Waals surface area contributed by atoms with E-state index >= 15 is 0 Å². The summed E-state index contributed by atoms with van der Waals surface area (Å²) in [7, 11) is 0. The third kappa shape index (κ3) is 2.44. The molecule has 4 heteroatoms. The molecule has 0 aromatic heterocycles. The molecule has 0 spiro atoms. The van der Waals surface area contributed by atoms with Gasteiger partial charge in [-0.25, -0.2) is 0 Å². The Balaban J connectivity index is 1.63. The molecule has 18 heavy (non-hydrogen) atoms. The van der Waals surface area contributed by atoms with E-state index in [1.165, 1.54) is 5.56 Å². The van der Waals surface area contributed by atoms with Crippen molar-refractivity contribution < 1.29 is 14.6 Å². The molecule has 2 aliphatic heterocycles. The highest BCUT2D eigenvalue weighted by atomic mass is 16.7. The maximum atomic E-state index is 9.92. The first-order valence-corrected chi connectivity index (χ1v) is 6.46. The van der Waals surface area contributed by atoms with Crippen LogP contribution < -0.4 is 9.47 Å². The summed E-state index contributed by atoms with van der Waals surface area (Å²) in [4.78, 5) is 2.37. The van der Waals surface area contributed by atoms with E-state index < -0.39 is 5.60 Å². The third-order valence-electron chi connectivity index (χ3n) is 3.78. The number of benzene rings is 1. The van der Waals surface area contributed by atoms with Gasteiger partial charge in [-0.15, -0.1) is 0 Å². The molecule has 0 aliphatic carbocycles. The van der Waals surface area contributed by atoms with Crippen molar-refractivity contribution >= 4 is 0 Å². The SMILES string of the molecule is CC1(O)CCN(Cc2ccc3c(c2)OCO3)CC1. The Kier molecular flexibility index (Phi) is 2.92. The van der Waals surface area contributed by atoms with Gasteiger partial charge >= 0.3 is 0 Å². The molecular formula is C14H19NO3. The maximum absolute atomic E-state index is 9.92.